The molecule has 0 unspecified atom stereocenters. The first-order valence-electron chi connectivity index (χ1n) is 10.3. The molecule has 1 aromatic rings. The molecule has 0 bridgehead atoms. The van der Waals surface area contributed by atoms with Gasteiger partial charge in [-0.15, -0.1) is 0 Å². The van der Waals surface area contributed by atoms with E-state index in [9.17, 15) is 14.4 Å². The van der Waals surface area contributed by atoms with Gasteiger partial charge in [-0.25, -0.2) is 0 Å². The van der Waals surface area contributed by atoms with Crippen LogP contribution in [0, 0.1) is 0 Å². The molecule has 1 aromatic carbocycles. The highest BCUT2D eigenvalue weighted by Crippen LogP contribution is 2.14. The van der Waals surface area contributed by atoms with Gasteiger partial charge >= 0.3 is 0 Å². The zero-order valence-electron chi connectivity index (χ0n) is 17.3. The molecule has 2 saturated heterocycles. The van der Waals surface area contributed by atoms with Crippen LogP contribution in [0.2, 0.25) is 0 Å². The van der Waals surface area contributed by atoms with E-state index in [0.29, 0.717) is 18.8 Å². The largest absolute Gasteiger partial charge is 0.353 e. The number of hydrogen-bond acceptors (Lipinski definition) is 5. The van der Waals surface area contributed by atoms with E-state index in [4.69, 9.17) is 0 Å². The summed E-state index contributed by atoms with van der Waals surface area (Å²) in [5.41, 5.74) is 1.88. The lowest BCUT2D eigenvalue weighted by molar-refractivity contribution is -0.145. The number of nitrogens with zero attached hydrogens (tertiary/aromatic N) is 3. The number of carbonyl (C=O) groups excluding carboxylic acids is 3. The summed E-state index contributed by atoms with van der Waals surface area (Å²) in [5.74, 6) is -0.623. The first-order valence-corrected chi connectivity index (χ1v) is 10.3. The van der Waals surface area contributed by atoms with Crippen LogP contribution in [0.1, 0.15) is 18.9 Å². The molecule has 0 spiro atoms. The Hall–Kier alpha value is -2.45. The summed E-state index contributed by atoms with van der Waals surface area (Å²) in [6.07, 6.45) is 0.886. The lowest BCUT2D eigenvalue weighted by Crippen LogP contribution is -2.60. The summed E-state index contributed by atoms with van der Waals surface area (Å²) in [6.45, 7) is 6.74. The van der Waals surface area contributed by atoms with E-state index >= 15 is 0 Å². The molecule has 2 aliphatic heterocycles. The number of likely N-dealkylation sites (N-methyl/N-ethyl adjacent to an activating group) is 1. The Morgan fingerprint density at radius 1 is 1.10 bits per heavy atom. The predicted molar refractivity (Wildman–Crippen MR) is 112 cm³/mol. The smallest absolute Gasteiger partial charge is 0.243 e. The maximum Gasteiger partial charge on any atom is 0.243 e. The van der Waals surface area contributed by atoms with Gasteiger partial charge in [0.1, 0.15) is 6.04 Å². The van der Waals surface area contributed by atoms with Crippen molar-refractivity contribution in [3.63, 3.8) is 0 Å². The Balaban J connectivity index is 1.59. The number of amides is 3. The molecule has 3 amide bonds. The third-order valence-corrected chi connectivity index (χ3v) is 5.63. The number of benzene rings is 1. The number of aryl methyl sites for hydroxylation is 1. The normalized spacial score (nSPS) is 21.0. The fourth-order valence-electron chi connectivity index (χ4n) is 3.72. The van der Waals surface area contributed by atoms with Crippen molar-refractivity contribution < 1.29 is 14.4 Å². The standard InChI is InChI=1S/C21H31N5O3/c1-3-16-4-6-17(7-5-16)23-19(27)14-18-21(29)22-8-9-26(18)20(28)15-25-12-10-24(2)11-13-25/h4-7,18H,3,8-15H2,1-2H3,(H,22,29)(H,23,27)/t18-/m1/s1. The van der Waals surface area contributed by atoms with Crippen molar-refractivity contribution in [2.24, 2.45) is 0 Å². The van der Waals surface area contributed by atoms with Crippen molar-refractivity contribution in [1.29, 1.82) is 0 Å². The van der Waals surface area contributed by atoms with Crippen molar-refractivity contribution in [2.45, 2.75) is 25.8 Å². The molecule has 0 saturated carbocycles. The highest BCUT2D eigenvalue weighted by Gasteiger charge is 2.35. The Kier molecular flexibility index (Phi) is 7.22. The quantitative estimate of drug-likeness (QED) is 0.709. The Morgan fingerprint density at radius 3 is 2.45 bits per heavy atom. The molecular formula is C21H31N5O3. The van der Waals surface area contributed by atoms with Gasteiger partial charge in [0.05, 0.1) is 13.0 Å². The topological polar surface area (TPSA) is 85.0 Å². The van der Waals surface area contributed by atoms with Crippen molar-refractivity contribution in [2.75, 3.05) is 58.2 Å². The van der Waals surface area contributed by atoms with E-state index in [1.54, 1.807) is 4.90 Å². The number of rotatable bonds is 6. The summed E-state index contributed by atoms with van der Waals surface area (Å²) < 4.78 is 0. The molecular weight excluding hydrogens is 370 g/mol. The third kappa shape index (κ3) is 5.77. The second-order valence-corrected chi connectivity index (χ2v) is 7.78. The van der Waals surface area contributed by atoms with Gasteiger partial charge in [0.25, 0.3) is 0 Å². The Bertz CT molecular complexity index is 728. The van der Waals surface area contributed by atoms with Crippen LogP contribution in [-0.4, -0.2) is 91.3 Å². The third-order valence-electron chi connectivity index (χ3n) is 5.63. The minimum atomic E-state index is -0.765. The number of carbonyl (C=O) groups is 3. The lowest BCUT2D eigenvalue weighted by atomic mass is 10.1. The number of piperazine rings is 2. The van der Waals surface area contributed by atoms with Crippen LogP contribution in [0.25, 0.3) is 0 Å². The second kappa shape index (κ2) is 9.84. The van der Waals surface area contributed by atoms with Crippen LogP contribution in [-0.2, 0) is 20.8 Å². The first kappa shape index (κ1) is 21.3. The molecule has 2 fully saturated rings. The summed E-state index contributed by atoms with van der Waals surface area (Å²) in [4.78, 5) is 43.7. The van der Waals surface area contributed by atoms with Crippen LogP contribution in [0.5, 0.6) is 0 Å². The van der Waals surface area contributed by atoms with Gasteiger partial charge in [-0.3, -0.25) is 19.3 Å². The van der Waals surface area contributed by atoms with E-state index in [0.717, 1.165) is 32.6 Å². The SMILES string of the molecule is CCc1ccc(NC(=O)C[C@@H]2C(=O)NCCN2C(=O)CN2CCN(C)CC2)cc1. The summed E-state index contributed by atoms with van der Waals surface area (Å²) in [6, 6.07) is 6.88. The average Bonchev–Trinajstić information content (AvgIpc) is 2.71. The number of anilines is 1. The summed E-state index contributed by atoms with van der Waals surface area (Å²) in [7, 11) is 2.07. The molecule has 2 aliphatic rings. The van der Waals surface area contributed by atoms with Gasteiger partial charge in [-0.2, -0.15) is 0 Å². The van der Waals surface area contributed by atoms with E-state index < -0.39 is 6.04 Å². The van der Waals surface area contributed by atoms with Crippen LogP contribution < -0.4 is 10.6 Å². The molecule has 2 N–H and O–H groups in total. The van der Waals surface area contributed by atoms with Gasteiger partial charge in [-0.1, -0.05) is 19.1 Å². The minimum absolute atomic E-state index is 0.0458. The molecule has 3 rings (SSSR count). The molecule has 8 heteroatoms. The lowest BCUT2D eigenvalue weighted by Gasteiger charge is -2.37. The zero-order valence-corrected chi connectivity index (χ0v) is 17.3. The van der Waals surface area contributed by atoms with E-state index in [1.165, 1.54) is 5.56 Å². The number of nitrogens with one attached hydrogen (secondary N) is 2. The molecule has 29 heavy (non-hydrogen) atoms. The van der Waals surface area contributed by atoms with Crippen molar-refractivity contribution in [1.82, 2.24) is 20.0 Å². The van der Waals surface area contributed by atoms with Gasteiger partial charge in [0.2, 0.25) is 17.7 Å². The minimum Gasteiger partial charge on any atom is -0.353 e. The van der Waals surface area contributed by atoms with Gasteiger partial charge in [0.15, 0.2) is 0 Å². The Morgan fingerprint density at radius 2 is 1.79 bits per heavy atom. The van der Waals surface area contributed by atoms with E-state index in [1.807, 2.05) is 24.3 Å². The van der Waals surface area contributed by atoms with Crippen LogP contribution >= 0.6 is 0 Å². The van der Waals surface area contributed by atoms with Gasteiger partial charge in [0, 0.05) is 45.0 Å². The van der Waals surface area contributed by atoms with Crippen LogP contribution in [0.4, 0.5) is 5.69 Å². The summed E-state index contributed by atoms with van der Waals surface area (Å²) in [5, 5.41) is 5.61. The van der Waals surface area contributed by atoms with Crippen LogP contribution in [0.15, 0.2) is 24.3 Å². The Labute approximate surface area is 172 Å². The van der Waals surface area contributed by atoms with Gasteiger partial charge in [-0.05, 0) is 31.2 Å². The second-order valence-electron chi connectivity index (χ2n) is 7.78. The maximum absolute atomic E-state index is 12.9. The zero-order chi connectivity index (χ0) is 20.8. The maximum atomic E-state index is 12.9. The summed E-state index contributed by atoms with van der Waals surface area (Å²) >= 11 is 0. The highest BCUT2D eigenvalue weighted by molar-refractivity contribution is 5.97. The van der Waals surface area contributed by atoms with Crippen molar-refractivity contribution in [3.8, 4) is 0 Å². The molecule has 8 nitrogen and oxygen atoms in total. The molecule has 1 atom stereocenters. The monoisotopic (exact) mass is 401 g/mol. The molecule has 0 aliphatic carbocycles. The van der Waals surface area contributed by atoms with E-state index in [2.05, 4.69) is 34.4 Å². The van der Waals surface area contributed by atoms with Gasteiger partial charge < -0.3 is 20.4 Å². The number of hydrogen-bond donors (Lipinski definition) is 2. The fourth-order valence-corrected chi connectivity index (χ4v) is 3.72. The van der Waals surface area contributed by atoms with Crippen molar-refractivity contribution >= 4 is 23.4 Å². The first-order chi connectivity index (χ1) is 14.0. The molecule has 0 radical (unpaired) electrons. The molecule has 2 heterocycles. The molecule has 158 valence electrons. The fraction of sp³-hybridized carbons (Fsp3) is 0.571. The van der Waals surface area contributed by atoms with E-state index in [-0.39, 0.29) is 30.7 Å². The van der Waals surface area contributed by atoms with Crippen molar-refractivity contribution in [3.05, 3.63) is 29.8 Å². The average molecular weight is 402 g/mol. The predicted octanol–water partition coefficient (Wildman–Crippen LogP) is 0.152. The van der Waals surface area contributed by atoms with Crippen LogP contribution in [0.3, 0.4) is 0 Å². The highest BCUT2D eigenvalue weighted by atomic mass is 16.2. The molecule has 0 aromatic heterocycles.